The number of hydrogen-bond donors (Lipinski definition) is 2. The Morgan fingerprint density at radius 3 is 2.40 bits per heavy atom. The zero-order chi connectivity index (χ0) is 14.7. The Balaban J connectivity index is 1.91. The molecule has 4 heteroatoms. The lowest BCUT2D eigenvalue weighted by Crippen LogP contribution is -2.21. The van der Waals surface area contributed by atoms with Crippen LogP contribution >= 0.6 is 0 Å². The third-order valence-corrected chi connectivity index (χ3v) is 3.76. The molecule has 108 valence electrons. The van der Waals surface area contributed by atoms with Gasteiger partial charge in [0.2, 0.25) is 0 Å². The molecule has 0 spiro atoms. The Hall–Kier alpha value is -1.65. The van der Waals surface area contributed by atoms with Gasteiger partial charge in [0.25, 0.3) is 0 Å². The first-order chi connectivity index (χ1) is 9.49. The van der Waals surface area contributed by atoms with Crippen LogP contribution in [0.1, 0.15) is 34.2 Å². The number of aliphatic hydroxyl groups is 1. The van der Waals surface area contributed by atoms with Crippen molar-refractivity contribution < 1.29 is 5.11 Å². The van der Waals surface area contributed by atoms with Gasteiger partial charge in [-0.05, 0) is 26.3 Å². The number of nitrogens with one attached hydrogen (secondary N) is 1. The Labute approximate surface area is 120 Å². The maximum Gasteiger partial charge on any atom is 0.0914 e. The fraction of sp³-hybridized carbons (Fsp3) is 0.438. The van der Waals surface area contributed by atoms with E-state index in [1.54, 1.807) is 0 Å². The van der Waals surface area contributed by atoms with Crippen LogP contribution in [0.2, 0.25) is 0 Å². The number of aromatic nitrogens is 2. The molecule has 1 atom stereocenters. The Bertz CT molecular complexity index is 572. The van der Waals surface area contributed by atoms with Gasteiger partial charge in [-0.15, -0.1) is 0 Å². The van der Waals surface area contributed by atoms with Crippen molar-refractivity contribution in [3.05, 3.63) is 52.3 Å². The van der Waals surface area contributed by atoms with Crippen molar-refractivity contribution in [2.45, 2.75) is 33.4 Å². The van der Waals surface area contributed by atoms with Gasteiger partial charge in [0.1, 0.15) is 0 Å². The van der Waals surface area contributed by atoms with Crippen LogP contribution in [0.5, 0.6) is 0 Å². The first-order valence-electron chi connectivity index (χ1n) is 6.93. The molecule has 2 aromatic rings. The van der Waals surface area contributed by atoms with Gasteiger partial charge in [-0.3, -0.25) is 4.68 Å². The minimum Gasteiger partial charge on any atom is -0.387 e. The molecule has 0 aliphatic rings. The summed E-state index contributed by atoms with van der Waals surface area (Å²) in [6.07, 6.45) is -0.479. The van der Waals surface area contributed by atoms with E-state index in [2.05, 4.69) is 17.3 Å². The first kappa shape index (κ1) is 14.8. The van der Waals surface area contributed by atoms with Crippen LogP contribution in [0.15, 0.2) is 24.3 Å². The van der Waals surface area contributed by atoms with E-state index in [9.17, 15) is 5.11 Å². The second-order valence-electron chi connectivity index (χ2n) is 5.33. The minimum absolute atomic E-state index is 0.479. The summed E-state index contributed by atoms with van der Waals surface area (Å²) in [5.41, 5.74) is 5.57. The molecule has 0 radical (unpaired) electrons. The average Bonchev–Trinajstić information content (AvgIpc) is 2.65. The number of aliphatic hydroxyl groups excluding tert-OH is 1. The van der Waals surface area contributed by atoms with E-state index in [0.29, 0.717) is 6.54 Å². The van der Waals surface area contributed by atoms with Gasteiger partial charge in [0.15, 0.2) is 0 Å². The van der Waals surface area contributed by atoms with Crippen LogP contribution in [-0.2, 0) is 13.6 Å². The van der Waals surface area contributed by atoms with Crippen molar-refractivity contribution in [1.82, 2.24) is 15.1 Å². The van der Waals surface area contributed by atoms with E-state index >= 15 is 0 Å². The van der Waals surface area contributed by atoms with Crippen molar-refractivity contribution in [3.63, 3.8) is 0 Å². The number of rotatable bonds is 5. The van der Waals surface area contributed by atoms with Crippen LogP contribution in [0.3, 0.4) is 0 Å². The summed E-state index contributed by atoms with van der Waals surface area (Å²) in [5.74, 6) is 0. The number of aryl methyl sites for hydroxylation is 3. The van der Waals surface area contributed by atoms with E-state index in [-0.39, 0.29) is 0 Å². The second-order valence-corrected chi connectivity index (χ2v) is 5.33. The highest BCUT2D eigenvalue weighted by atomic mass is 16.3. The summed E-state index contributed by atoms with van der Waals surface area (Å²) in [6, 6.07) is 7.99. The maximum absolute atomic E-state index is 10.1. The third kappa shape index (κ3) is 3.26. The van der Waals surface area contributed by atoms with Crippen LogP contribution < -0.4 is 5.32 Å². The Morgan fingerprint density at radius 2 is 1.85 bits per heavy atom. The van der Waals surface area contributed by atoms with Gasteiger partial charge in [-0.25, -0.2) is 0 Å². The topological polar surface area (TPSA) is 50.1 Å². The summed E-state index contributed by atoms with van der Waals surface area (Å²) in [7, 11) is 1.95. The van der Waals surface area contributed by atoms with Gasteiger partial charge in [0.05, 0.1) is 11.8 Å². The lowest BCUT2D eigenvalue weighted by molar-refractivity contribution is 0.174. The summed E-state index contributed by atoms with van der Waals surface area (Å²) in [4.78, 5) is 0. The molecule has 20 heavy (non-hydrogen) atoms. The molecule has 0 amide bonds. The molecule has 1 heterocycles. The van der Waals surface area contributed by atoms with Crippen molar-refractivity contribution in [2.24, 2.45) is 7.05 Å². The molecule has 1 aromatic heterocycles. The molecule has 2 N–H and O–H groups in total. The SMILES string of the molecule is Cc1ccc(C(O)CNCc2c(C)nn(C)c2C)cc1. The fourth-order valence-electron chi connectivity index (χ4n) is 2.31. The van der Waals surface area contributed by atoms with Crippen LogP contribution in [0.25, 0.3) is 0 Å². The number of benzene rings is 1. The highest BCUT2D eigenvalue weighted by Gasteiger charge is 2.11. The number of nitrogens with zero attached hydrogens (tertiary/aromatic N) is 2. The van der Waals surface area contributed by atoms with Crippen molar-refractivity contribution in [2.75, 3.05) is 6.54 Å². The second kappa shape index (κ2) is 6.20. The van der Waals surface area contributed by atoms with Gasteiger partial charge in [-0.2, -0.15) is 5.10 Å². The monoisotopic (exact) mass is 273 g/mol. The molecule has 0 saturated heterocycles. The normalized spacial score (nSPS) is 12.7. The molecular weight excluding hydrogens is 250 g/mol. The predicted molar refractivity (Wildman–Crippen MR) is 80.5 cm³/mol. The lowest BCUT2D eigenvalue weighted by Gasteiger charge is -2.12. The van der Waals surface area contributed by atoms with E-state index in [1.807, 2.05) is 49.8 Å². The number of hydrogen-bond acceptors (Lipinski definition) is 3. The van der Waals surface area contributed by atoms with Gasteiger partial charge >= 0.3 is 0 Å². The van der Waals surface area contributed by atoms with Gasteiger partial charge in [-0.1, -0.05) is 29.8 Å². The van der Waals surface area contributed by atoms with Crippen LogP contribution in [-0.4, -0.2) is 21.4 Å². The van der Waals surface area contributed by atoms with Crippen molar-refractivity contribution >= 4 is 0 Å². The first-order valence-corrected chi connectivity index (χ1v) is 6.93. The van der Waals surface area contributed by atoms with Crippen molar-refractivity contribution in [1.29, 1.82) is 0 Å². The highest BCUT2D eigenvalue weighted by Crippen LogP contribution is 2.14. The fourth-order valence-corrected chi connectivity index (χ4v) is 2.31. The van der Waals surface area contributed by atoms with Crippen LogP contribution in [0.4, 0.5) is 0 Å². The maximum atomic E-state index is 10.1. The molecule has 0 saturated carbocycles. The van der Waals surface area contributed by atoms with Gasteiger partial charge in [0, 0.05) is 31.4 Å². The highest BCUT2D eigenvalue weighted by molar-refractivity contribution is 5.25. The molecule has 2 rings (SSSR count). The van der Waals surface area contributed by atoms with E-state index in [1.165, 1.54) is 16.8 Å². The molecule has 1 unspecified atom stereocenters. The summed E-state index contributed by atoms with van der Waals surface area (Å²) >= 11 is 0. The predicted octanol–water partition coefficient (Wildman–Crippen LogP) is 2.17. The molecule has 4 nitrogen and oxygen atoms in total. The third-order valence-electron chi connectivity index (χ3n) is 3.76. The zero-order valence-electron chi connectivity index (χ0n) is 12.6. The lowest BCUT2D eigenvalue weighted by atomic mass is 10.1. The van der Waals surface area contributed by atoms with Crippen LogP contribution in [0, 0.1) is 20.8 Å². The average molecular weight is 273 g/mol. The van der Waals surface area contributed by atoms with E-state index < -0.39 is 6.10 Å². The quantitative estimate of drug-likeness (QED) is 0.878. The summed E-state index contributed by atoms with van der Waals surface area (Å²) in [6.45, 7) is 7.39. The Kier molecular flexibility index (Phi) is 4.57. The summed E-state index contributed by atoms with van der Waals surface area (Å²) in [5, 5.41) is 17.8. The standard InChI is InChI=1S/C16H23N3O/c1-11-5-7-14(8-6-11)16(20)10-17-9-15-12(2)18-19(4)13(15)3/h5-8,16-17,20H,9-10H2,1-4H3. The molecule has 0 aliphatic heterocycles. The van der Waals surface area contributed by atoms with Gasteiger partial charge < -0.3 is 10.4 Å². The molecular formula is C16H23N3O. The molecule has 0 aliphatic carbocycles. The smallest absolute Gasteiger partial charge is 0.0914 e. The summed E-state index contributed by atoms with van der Waals surface area (Å²) < 4.78 is 1.89. The van der Waals surface area contributed by atoms with E-state index in [4.69, 9.17) is 0 Å². The zero-order valence-corrected chi connectivity index (χ0v) is 12.6. The molecule has 1 aromatic carbocycles. The molecule has 0 fully saturated rings. The minimum atomic E-state index is -0.479. The Morgan fingerprint density at radius 1 is 1.20 bits per heavy atom. The van der Waals surface area contributed by atoms with E-state index in [0.717, 1.165) is 17.8 Å². The van der Waals surface area contributed by atoms with Crippen molar-refractivity contribution in [3.8, 4) is 0 Å². The largest absolute Gasteiger partial charge is 0.387 e. The molecule has 0 bridgehead atoms.